The zero-order valence-electron chi connectivity index (χ0n) is 12.3. The maximum Gasteiger partial charge on any atom is 0.387 e. The summed E-state index contributed by atoms with van der Waals surface area (Å²) < 4.78 is 28.4. The van der Waals surface area contributed by atoms with E-state index >= 15 is 0 Å². The summed E-state index contributed by atoms with van der Waals surface area (Å²) in [5, 5.41) is 12.3. The lowest BCUT2D eigenvalue weighted by atomic mass is 9.85. The number of carbonyl (C=O) groups excluding carboxylic acids is 1. The van der Waals surface area contributed by atoms with E-state index in [0.29, 0.717) is 0 Å². The summed E-state index contributed by atoms with van der Waals surface area (Å²) in [6, 6.07) is 6.06. The number of nitrogens with one attached hydrogen (secondary N) is 1. The van der Waals surface area contributed by atoms with Crippen LogP contribution in [0, 0.1) is 5.92 Å². The Kier molecular flexibility index (Phi) is 6.12. The first-order valence-corrected chi connectivity index (χ1v) is 7.52. The first-order valence-electron chi connectivity index (χ1n) is 7.52. The van der Waals surface area contributed by atoms with E-state index in [1.54, 1.807) is 12.1 Å². The van der Waals surface area contributed by atoms with Crippen LogP contribution in [0.5, 0.6) is 5.75 Å². The SMILES string of the molecule is O=C(Cc1ccc(OC(F)F)cc1)NC1CCCCC1CO. The Morgan fingerprint density at radius 3 is 2.59 bits per heavy atom. The van der Waals surface area contributed by atoms with Crippen LogP contribution in [0.3, 0.4) is 0 Å². The summed E-state index contributed by atoms with van der Waals surface area (Å²) in [6.07, 6.45) is 4.15. The smallest absolute Gasteiger partial charge is 0.387 e. The predicted molar refractivity (Wildman–Crippen MR) is 77.8 cm³/mol. The molecule has 0 aromatic heterocycles. The number of hydrogen-bond donors (Lipinski definition) is 2. The number of rotatable bonds is 6. The highest BCUT2D eigenvalue weighted by Gasteiger charge is 2.25. The third-order valence-electron chi connectivity index (χ3n) is 4.00. The summed E-state index contributed by atoms with van der Waals surface area (Å²) in [7, 11) is 0. The highest BCUT2D eigenvalue weighted by Crippen LogP contribution is 2.24. The minimum Gasteiger partial charge on any atom is -0.435 e. The van der Waals surface area contributed by atoms with Crippen molar-refractivity contribution in [1.29, 1.82) is 0 Å². The first-order chi connectivity index (χ1) is 10.6. The molecular weight excluding hydrogens is 292 g/mol. The quantitative estimate of drug-likeness (QED) is 0.848. The molecule has 2 N–H and O–H groups in total. The van der Waals surface area contributed by atoms with Crippen molar-refractivity contribution >= 4 is 5.91 Å². The maximum atomic E-state index is 12.1. The zero-order valence-corrected chi connectivity index (χ0v) is 12.3. The van der Waals surface area contributed by atoms with E-state index < -0.39 is 6.61 Å². The van der Waals surface area contributed by atoms with Gasteiger partial charge >= 0.3 is 6.61 Å². The maximum absolute atomic E-state index is 12.1. The van der Waals surface area contributed by atoms with Gasteiger partial charge in [0, 0.05) is 18.6 Å². The first kappa shape index (κ1) is 16.7. The van der Waals surface area contributed by atoms with Gasteiger partial charge in [0.2, 0.25) is 5.91 Å². The van der Waals surface area contributed by atoms with Crippen molar-refractivity contribution in [2.45, 2.75) is 44.8 Å². The summed E-state index contributed by atoms with van der Waals surface area (Å²) in [5.74, 6) is 0.0826. The molecule has 22 heavy (non-hydrogen) atoms. The minimum absolute atomic E-state index is 0.0210. The summed E-state index contributed by atoms with van der Waals surface area (Å²) in [4.78, 5) is 12.1. The molecule has 4 nitrogen and oxygen atoms in total. The molecule has 2 rings (SSSR count). The Labute approximate surface area is 128 Å². The van der Waals surface area contributed by atoms with Crippen molar-refractivity contribution in [2.24, 2.45) is 5.92 Å². The van der Waals surface area contributed by atoms with Gasteiger partial charge in [0.1, 0.15) is 5.75 Å². The van der Waals surface area contributed by atoms with Crippen molar-refractivity contribution in [2.75, 3.05) is 6.61 Å². The van der Waals surface area contributed by atoms with Gasteiger partial charge in [-0.25, -0.2) is 0 Å². The van der Waals surface area contributed by atoms with Crippen LogP contribution in [-0.2, 0) is 11.2 Å². The number of aliphatic hydroxyl groups excluding tert-OH is 1. The van der Waals surface area contributed by atoms with Crippen LogP contribution in [0.1, 0.15) is 31.2 Å². The summed E-state index contributed by atoms with van der Waals surface area (Å²) in [5.41, 5.74) is 0.732. The van der Waals surface area contributed by atoms with Crippen LogP contribution in [0.25, 0.3) is 0 Å². The molecule has 0 saturated heterocycles. The lowest BCUT2D eigenvalue weighted by Crippen LogP contribution is -2.44. The Morgan fingerprint density at radius 1 is 1.27 bits per heavy atom. The fraction of sp³-hybridized carbons (Fsp3) is 0.562. The number of ether oxygens (including phenoxy) is 1. The molecule has 1 aliphatic carbocycles. The van der Waals surface area contributed by atoms with E-state index in [4.69, 9.17) is 0 Å². The monoisotopic (exact) mass is 313 g/mol. The van der Waals surface area contributed by atoms with Crippen LogP contribution in [-0.4, -0.2) is 30.3 Å². The second-order valence-electron chi connectivity index (χ2n) is 5.60. The van der Waals surface area contributed by atoms with Gasteiger partial charge < -0.3 is 15.2 Å². The Balaban J connectivity index is 1.86. The van der Waals surface area contributed by atoms with Gasteiger partial charge in [0.25, 0.3) is 0 Å². The fourth-order valence-electron chi connectivity index (χ4n) is 2.85. The summed E-state index contributed by atoms with van der Waals surface area (Å²) >= 11 is 0. The van der Waals surface area contributed by atoms with E-state index in [0.717, 1.165) is 31.2 Å². The Hall–Kier alpha value is -1.69. The van der Waals surface area contributed by atoms with Gasteiger partial charge in [0.05, 0.1) is 6.42 Å². The van der Waals surface area contributed by atoms with Gasteiger partial charge in [-0.05, 0) is 30.5 Å². The minimum atomic E-state index is -2.85. The predicted octanol–water partition coefficient (Wildman–Crippen LogP) is 2.50. The number of carbonyl (C=O) groups is 1. The molecule has 1 aliphatic rings. The number of amides is 1. The Bertz CT molecular complexity index is 479. The van der Waals surface area contributed by atoms with Gasteiger partial charge in [-0.1, -0.05) is 25.0 Å². The van der Waals surface area contributed by atoms with E-state index in [-0.39, 0.29) is 36.6 Å². The Morgan fingerprint density at radius 2 is 1.95 bits per heavy atom. The molecule has 1 saturated carbocycles. The van der Waals surface area contributed by atoms with Gasteiger partial charge in [-0.15, -0.1) is 0 Å². The van der Waals surface area contributed by atoms with E-state index in [9.17, 15) is 18.7 Å². The van der Waals surface area contributed by atoms with Crippen LogP contribution < -0.4 is 10.1 Å². The molecule has 0 bridgehead atoms. The lowest BCUT2D eigenvalue weighted by Gasteiger charge is -2.30. The van der Waals surface area contributed by atoms with Crippen LogP contribution in [0.15, 0.2) is 24.3 Å². The van der Waals surface area contributed by atoms with Crippen molar-refractivity contribution in [3.8, 4) is 5.75 Å². The van der Waals surface area contributed by atoms with E-state index in [1.807, 2.05) is 0 Å². The van der Waals surface area contributed by atoms with Crippen molar-refractivity contribution in [3.05, 3.63) is 29.8 Å². The van der Waals surface area contributed by atoms with Crippen LogP contribution in [0.4, 0.5) is 8.78 Å². The third-order valence-corrected chi connectivity index (χ3v) is 4.00. The van der Waals surface area contributed by atoms with E-state index in [2.05, 4.69) is 10.1 Å². The highest BCUT2D eigenvalue weighted by molar-refractivity contribution is 5.78. The largest absolute Gasteiger partial charge is 0.435 e. The molecule has 1 aromatic carbocycles. The molecule has 0 aliphatic heterocycles. The van der Waals surface area contributed by atoms with Gasteiger partial charge in [0.15, 0.2) is 0 Å². The number of halogens is 2. The molecule has 1 amide bonds. The average molecular weight is 313 g/mol. The second-order valence-corrected chi connectivity index (χ2v) is 5.60. The average Bonchev–Trinajstić information content (AvgIpc) is 2.49. The molecule has 0 radical (unpaired) electrons. The molecule has 2 unspecified atom stereocenters. The number of benzene rings is 1. The third kappa shape index (κ3) is 4.94. The lowest BCUT2D eigenvalue weighted by molar-refractivity contribution is -0.121. The molecule has 0 heterocycles. The van der Waals surface area contributed by atoms with Crippen molar-refractivity contribution < 1.29 is 23.4 Å². The van der Waals surface area contributed by atoms with Crippen molar-refractivity contribution in [1.82, 2.24) is 5.32 Å². The van der Waals surface area contributed by atoms with Crippen LogP contribution >= 0.6 is 0 Å². The zero-order chi connectivity index (χ0) is 15.9. The molecule has 0 spiro atoms. The molecule has 1 fully saturated rings. The molecular formula is C16H21F2NO3. The molecule has 6 heteroatoms. The number of alkyl halides is 2. The van der Waals surface area contributed by atoms with Gasteiger partial charge in [-0.3, -0.25) is 4.79 Å². The molecule has 1 aromatic rings. The second kappa shape index (κ2) is 8.08. The molecule has 2 atom stereocenters. The number of aliphatic hydroxyl groups is 1. The van der Waals surface area contributed by atoms with Crippen molar-refractivity contribution in [3.63, 3.8) is 0 Å². The summed E-state index contributed by atoms with van der Waals surface area (Å²) in [6.45, 7) is -2.76. The highest BCUT2D eigenvalue weighted by atomic mass is 19.3. The topological polar surface area (TPSA) is 58.6 Å². The number of hydrogen-bond acceptors (Lipinski definition) is 3. The van der Waals surface area contributed by atoms with E-state index in [1.165, 1.54) is 12.1 Å². The fourth-order valence-corrected chi connectivity index (χ4v) is 2.85. The van der Waals surface area contributed by atoms with Gasteiger partial charge in [-0.2, -0.15) is 8.78 Å². The normalized spacial score (nSPS) is 21.6. The standard InChI is InChI=1S/C16H21F2NO3/c17-16(18)22-13-7-5-11(6-8-13)9-15(21)19-14-4-2-1-3-12(14)10-20/h5-8,12,14,16,20H,1-4,9-10H2,(H,19,21). The molecule has 122 valence electrons. The van der Waals surface area contributed by atoms with Crippen LogP contribution in [0.2, 0.25) is 0 Å².